The normalized spacial score (nSPS) is 47.5. The number of aliphatic hydroxyl groups is 1. The van der Waals surface area contributed by atoms with Crippen LogP contribution in [0, 0.1) is 34.5 Å². The van der Waals surface area contributed by atoms with Crippen LogP contribution in [0.25, 0.3) is 0 Å². The summed E-state index contributed by atoms with van der Waals surface area (Å²) in [5.74, 6) is 3.04. The van der Waals surface area contributed by atoms with Crippen molar-refractivity contribution in [2.75, 3.05) is 13.7 Å². The van der Waals surface area contributed by atoms with E-state index in [0.717, 1.165) is 44.1 Å². The molecule has 3 heteroatoms. The number of hydrogen-bond donors (Lipinski definition) is 1. The first kappa shape index (κ1) is 18.7. The van der Waals surface area contributed by atoms with Crippen LogP contribution in [0.1, 0.15) is 71.6 Å². The maximum Gasteiger partial charge on any atom is 0.130 e. The van der Waals surface area contributed by atoms with Gasteiger partial charge in [-0.05, 0) is 87.4 Å². The average molecular weight is 361 g/mol. The second-order valence-electron chi connectivity index (χ2n) is 10.0. The number of carbonyl (C=O) groups is 1. The summed E-state index contributed by atoms with van der Waals surface area (Å²) in [6.45, 7) is 5.06. The first-order valence-corrected chi connectivity index (χ1v) is 10.8. The lowest BCUT2D eigenvalue weighted by molar-refractivity contribution is -0.122. The number of ether oxygens (including phenoxy) is 1. The molecule has 0 aromatic carbocycles. The molecule has 0 amide bonds. The Bertz CT molecular complexity index is 596. The van der Waals surface area contributed by atoms with E-state index in [1.54, 1.807) is 6.92 Å². The van der Waals surface area contributed by atoms with Gasteiger partial charge in [-0.3, -0.25) is 0 Å². The maximum atomic E-state index is 11.9. The van der Waals surface area contributed by atoms with E-state index in [2.05, 4.69) is 13.0 Å². The number of fused-ring (bicyclic) bond motifs is 5. The van der Waals surface area contributed by atoms with Crippen LogP contribution in [0.15, 0.2) is 11.6 Å². The molecule has 0 spiro atoms. The number of aliphatic hydroxyl groups excluding tert-OH is 1. The van der Waals surface area contributed by atoms with Crippen LogP contribution in [-0.4, -0.2) is 30.7 Å². The van der Waals surface area contributed by atoms with Gasteiger partial charge >= 0.3 is 0 Å². The molecule has 0 aromatic heterocycles. The van der Waals surface area contributed by atoms with E-state index in [1.165, 1.54) is 37.7 Å². The fourth-order valence-electron chi connectivity index (χ4n) is 7.78. The zero-order valence-electron chi connectivity index (χ0n) is 16.8. The SMILES string of the molecule is COC[C@]12CCC3C(CC=C4C[C@@H](O)CC[C@@]43C)C1CC[C@@H]2CC(C)=O. The van der Waals surface area contributed by atoms with Crippen molar-refractivity contribution in [2.45, 2.75) is 77.7 Å². The van der Waals surface area contributed by atoms with Crippen LogP contribution >= 0.6 is 0 Å². The number of ketones is 1. The van der Waals surface area contributed by atoms with Crippen molar-refractivity contribution >= 4 is 5.78 Å². The van der Waals surface area contributed by atoms with Crippen LogP contribution in [0.5, 0.6) is 0 Å². The highest BCUT2D eigenvalue weighted by Crippen LogP contribution is 2.66. The molecule has 7 atom stereocenters. The van der Waals surface area contributed by atoms with Gasteiger partial charge in [-0.15, -0.1) is 0 Å². The Morgan fingerprint density at radius 1 is 1.23 bits per heavy atom. The fourth-order valence-corrected chi connectivity index (χ4v) is 7.78. The highest BCUT2D eigenvalue weighted by molar-refractivity contribution is 5.75. The van der Waals surface area contributed by atoms with Crippen LogP contribution in [0.4, 0.5) is 0 Å². The largest absolute Gasteiger partial charge is 0.393 e. The standard InChI is InChI=1S/C23H36O3/c1-15(24)12-17-5-7-21-19-6-4-16-13-18(25)8-10-22(16,2)20(19)9-11-23(17,21)14-26-3/h4,17-21,25H,5-14H2,1-3H3/t17-,18+,19?,20?,21?,22+,23+/m1/s1. The number of methoxy groups -OCH3 is 1. The van der Waals surface area contributed by atoms with Crippen LogP contribution in [0.2, 0.25) is 0 Å². The number of carbonyl (C=O) groups excluding carboxylic acids is 1. The minimum Gasteiger partial charge on any atom is -0.393 e. The van der Waals surface area contributed by atoms with Gasteiger partial charge in [-0.1, -0.05) is 18.6 Å². The van der Waals surface area contributed by atoms with E-state index in [1.807, 2.05) is 7.11 Å². The molecule has 0 bridgehead atoms. The minimum atomic E-state index is -0.131. The molecule has 0 aliphatic heterocycles. The van der Waals surface area contributed by atoms with E-state index in [-0.39, 0.29) is 11.5 Å². The van der Waals surface area contributed by atoms with Gasteiger partial charge in [-0.2, -0.15) is 0 Å². The maximum absolute atomic E-state index is 11.9. The lowest BCUT2D eigenvalue weighted by Crippen LogP contribution is -2.52. The summed E-state index contributed by atoms with van der Waals surface area (Å²) < 4.78 is 5.76. The van der Waals surface area contributed by atoms with Crippen molar-refractivity contribution in [3.8, 4) is 0 Å². The predicted octanol–water partition coefficient (Wildman–Crippen LogP) is 4.53. The summed E-state index contributed by atoms with van der Waals surface area (Å²) >= 11 is 0. The Morgan fingerprint density at radius 3 is 2.77 bits per heavy atom. The lowest BCUT2D eigenvalue weighted by Gasteiger charge is -2.58. The predicted molar refractivity (Wildman–Crippen MR) is 103 cm³/mol. The molecule has 3 unspecified atom stereocenters. The second kappa shape index (κ2) is 6.74. The molecule has 1 N–H and O–H groups in total. The second-order valence-corrected chi connectivity index (χ2v) is 10.0. The summed E-state index contributed by atoms with van der Waals surface area (Å²) in [6, 6.07) is 0. The third-order valence-corrected chi connectivity index (χ3v) is 8.92. The molecule has 0 radical (unpaired) electrons. The van der Waals surface area contributed by atoms with E-state index in [9.17, 15) is 9.90 Å². The summed E-state index contributed by atoms with van der Waals surface area (Å²) in [6.07, 6.45) is 12.2. The third kappa shape index (κ3) is 2.73. The van der Waals surface area contributed by atoms with Crippen molar-refractivity contribution in [1.82, 2.24) is 0 Å². The highest BCUT2D eigenvalue weighted by Gasteiger charge is 2.60. The van der Waals surface area contributed by atoms with Crippen LogP contribution in [-0.2, 0) is 9.53 Å². The van der Waals surface area contributed by atoms with Gasteiger partial charge in [-0.25, -0.2) is 0 Å². The number of Topliss-reactive ketones (excluding diaryl/α,β-unsaturated/α-hetero) is 1. The quantitative estimate of drug-likeness (QED) is 0.749. The van der Waals surface area contributed by atoms with Crippen LogP contribution < -0.4 is 0 Å². The molecule has 3 saturated carbocycles. The van der Waals surface area contributed by atoms with Crippen molar-refractivity contribution in [2.24, 2.45) is 34.5 Å². The summed E-state index contributed by atoms with van der Waals surface area (Å²) in [7, 11) is 1.84. The Balaban J connectivity index is 1.65. The Labute approximate surface area is 158 Å². The van der Waals surface area contributed by atoms with Gasteiger partial charge in [0, 0.05) is 18.9 Å². The van der Waals surface area contributed by atoms with Crippen molar-refractivity contribution < 1.29 is 14.6 Å². The first-order valence-electron chi connectivity index (χ1n) is 10.8. The number of allylic oxidation sites excluding steroid dienone is 1. The molecular weight excluding hydrogens is 324 g/mol. The molecule has 0 aromatic rings. The minimum absolute atomic E-state index is 0.131. The first-order chi connectivity index (χ1) is 12.4. The lowest BCUT2D eigenvalue weighted by atomic mass is 9.47. The van der Waals surface area contributed by atoms with Gasteiger partial charge < -0.3 is 14.6 Å². The van der Waals surface area contributed by atoms with E-state index in [0.29, 0.717) is 23.0 Å². The monoisotopic (exact) mass is 360 g/mol. The zero-order chi connectivity index (χ0) is 18.5. The average Bonchev–Trinajstić information content (AvgIpc) is 2.94. The fraction of sp³-hybridized carbons (Fsp3) is 0.870. The zero-order valence-corrected chi connectivity index (χ0v) is 16.8. The van der Waals surface area contributed by atoms with Gasteiger partial charge in [0.1, 0.15) is 5.78 Å². The number of hydrogen-bond acceptors (Lipinski definition) is 3. The molecule has 3 fully saturated rings. The highest BCUT2D eigenvalue weighted by atomic mass is 16.5. The van der Waals surface area contributed by atoms with Gasteiger partial charge in [0.2, 0.25) is 0 Å². The molecule has 4 rings (SSSR count). The molecule has 146 valence electrons. The summed E-state index contributed by atoms with van der Waals surface area (Å²) in [4.78, 5) is 11.9. The molecule has 0 heterocycles. The smallest absolute Gasteiger partial charge is 0.130 e. The molecular formula is C23H36O3. The Morgan fingerprint density at radius 2 is 2.04 bits per heavy atom. The molecule has 4 aliphatic rings. The molecule has 4 aliphatic carbocycles. The summed E-state index contributed by atoms with van der Waals surface area (Å²) in [5, 5.41) is 10.1. The van der Waals surface area contributed by atoms with Crippen molar-refractivity contribution in [1.29, 1.82) is 0 Å². The Hall–Kier alpha value is -0.670. The van der Waals surface area contributed by atoms with Gasteiger partial charge in [0.05, 0.1) is 12.7 Å². The van der Waals surface area contributed by atoms with Crippen LogP contribution in [0.3, 0.4) is 0 Å². The van der Waals surface area contributed by atoms with E-state index in [4.69, 9.17) is 4.74 Å². The number of rotatable bonds is 4. The Kier molecular flexibility index (Phi) is 4.84. The van der Waals surface area contributed by atoms with Crippen molar-refractivity contribution in [3.05, 3.63) is 11.6 Å². The van der Waals surface area contributed by atoms with Gasteiger partial charge in [0.15, 0.2) is 0 Å². The summed E-state index contributed by atoms with van der Waals surface area (Å²) in [5.41, 5.74) is 2.05. The molecule has 3 nitrogen and oxygen atoms in total. The van der Waals surface area contributed by atoms with E-state index >= 15 is 0 Å². The molecule has 0 saturated heterocycles. The third-order valence-electron chi connectivity index (χ3n) is 8.92. The van der Waals surface area contributed by atoms with Gasteiger partial charge in [0.25, 0.3) is 0 Å². The molecule has 26 heavy (non-hydrogen) atoms. The van der Waals surface area contributed by atoms with Crippen molar-refractivity contribution in [3.63, 3.8) is 0 Å². The van der Waals surface area contributed by atoms with E-state index < -0.39 is 0 Å². The topological polar surface area (TPSA) is 46.5 Å².